The van der Waals surface area contributed by atoms with E-state index in [9.17, 15) is 9.90 Å². The van der Waals surface area contributed by atoms with E-state index in [0.717, 1.165) is 87.5 Å². The van der Waals surface area contributed by atoms with Gasteiger partial charge in [-0.2, -0.15) is 0 Å². The van der Waals surface area contributed by atoms with Crippen LogP contribution in [-0.2, 0) is 5.41 Å². The highest BCUT2D eigenvalue weighted by Gasteiger charge is 2.51. The van der Waals surface area contributed by atoms with Crippen LogP contribution in [0, 0.1) is 0 Å². The molecule has 7 heteroatoms. The molecule has 3 heterocycles. The SMILES string of the molecule is CCCN1C(=O)N2CC[C@@H](CC)N=C2c2[nH]c(C34CCC(O)(CC3)CC4)nc21. The van der Waals surface area contributed by atoms with Crippen LogP contribution in [0.5, 0.6) is 0 Å². The maximum Gasteiger partial charge on any atom is 0.331 e. The molecular weight excluding hydrogens is 354 g/mol. The Bertz CT molecular complexity index is 804. The minimum atomic E-state index is -0.462. The van der Waals surface area contributed by atoms with Crippen molar-refractivity contribution in [3.63, 3.8) is 0 Å². The van der Waals surface area contributed by atoms with Gasteiger partial charge >= 0.3 is 6.03 Å². The van der Waals surface area contributed by atoms with Gasteiger partial charge in [0.25, 0.3) is 0 Å². The highest BCUT2D eigenvalue weighted by Crippen LogP contribution is 2.53. The number of amidine groups is 1. The molecule has 5 aliphatic rings. The van der Waals surface area contributed by atoms with Gasteiger partial charge in [-0.25, -0.2) is 9.78 Å². The molecule has 1 aromatic rings. The summed E-state index contributed by atoms with van der Waals surface area (Å²) in [6.07, 6.45) is 8.24. The predicted molar refractivity (Wildman–Crippen MR) is 108 cm³/mol. The highest BCUT2D eigenvalue weighted by atomic mass is 16.3. The zero-order valence-corrected chi connectivity index (χ0v) is 17.0. The summed E-state index contributed by atoms with van der Waals surface area (Å²) in [5.41, 5.74) is 0.464. The summed E-state index contributed by atoms with van der Waals surface area (Å²) in [5.74, 6) is 2.54. The quantitative estimate of drug-likeness (QED) is 0.834. The van der Waals surface area contributed by atoms with Crippen molar-refractivity contribution < 1.29 is 9.90 Å². The maximum atomic E-state index is 13.2. The molecule has 0 saturated heterocycles. The number of hydrogen-bond acceptors (Lipinski definition) is 4. The van der Waals surface area contributed by atoms with Gasteiger partial charge in [-0.3, -0.25) is 14.8 Å². The fourth-order valence-corrected chi connectivity index (χ4v) is 5.52. The van der Waals surface area contributed by atoms with Crippen LogP contribution in [0.25, 0.3) is 0 Å². The number of carbonyl (C=O) groups excluding carboxylic acids is 1. The number of aliphatic imine (C=N–C) groups is 1. The molecule has 3 fully saturated rings. The average Bonchev–Trinajstić information content (AvgIpc) is 3.18. The van der Waals surface area contributed by atoms with Crippen molar-refractivity contribution in [2.45, 2.75) is 88.7 Å². The van der Waals surface area contributed by atoms with Gasteiger partial charge in [-0.15, -0.1) is 0 Å². The Balaban J connectivity index is 1.59. The number of aromatic amines is 1. The fourth-order valence-electron chi connectivity index (χ4n) is 5.52. The van der Waals surface area contributed by atoms with E-state index >= 15 is 0 Å². The first-order valence-corrected chi connectivity index (χ1v) is 11.0. The monoisotopic (exact) mass is 385 g/mol. The smallest absolute Gasteiger partial charge is 0.331 e. The molecule has 3 aliphatic carbocycles. The second-order valence-electron chi connectivity index (χ2n) is 9.18. The Morgan fingerprint density at radius 1 is 1.18 bits per heavy atom. The Morgan fingerprint density at radius 3 is 2.54 bits per heavy atom. The van der Waals surface area contributed by atoms with Crippen LogP contribution in [0.15, 0.2) is 4.99 Å². The van der Waals surface area contributed by atoms with Gasteiger partial charge in [0.2, 0.25) is 0 Å². The van der Waals surface area contributed by atoms with Crippen LogP contribution in [0.2, 0.25) is 0 Å². The number of carbonyl (C=O) groups is 1. The van der Waals surface area contributed by atoms with E-state index in [-0.39, 0.29) is 17.5 Å². The zero-order valence-electron chi connectivity index (χ0n) is 17.0. The fraction of sp³-hybridized carbons (Fsp3) is 0.762. The zero-order chi connectivity index (χ0) is 19.5. The van der Waals surface area contributed by atoms with Crippen molar-refractivity contribution in [3.8, 4) is 0 Å². The third-order valence-electron chi connectivity index (χ3n) is 7.50. The van der Waals surface area contributed by atoms with Crippen molar-refractivity contribution in [1.82, 2.24) is 14.9 Å². The Hall–Kier alpha value is -1.89. The molecule has 2 bridgehead atoms. The number of nitrogens with one attached hydrogen (secondary N) is 1. The molecule has 6 rings (SSSR count). The molecule has 7 nitrogen and oxygen atoms in total. The van der Waals surface area contributed by atoms with E-state index in [1.165, 1.54) is 0 Å². The summed E-state index contributed by atoms with van der Waals surface area (Å²) in [6.45, 7) is 5.64. The molecule has 0 radical (unpaired) electrons. The summed E-state index contributed by atoms with van der Waals surface area (Å²) < 4.78 is 0. The summed E-state index contributed by atoms with van der Waals surface area (Å²) in [7, 11) is 0. The van der Waals surface area contributed by atoms with E-state index in [1.807, 2.05) is 9.80 Å². The minimum absolute atomic E-state index is 0.00691. The summed E-state index contributed by atoms with van der Waals surface area (Å²) in [6, 6.07) is 0.286. The number of amides is 2. The Morgan fingerprint density at radius 2 is 1.89 bits per heavy atom. The van der Waals surface area contributed by atoms with Crippen molar-refractivity contribution in [2.24, 2.45) is 4.99 Å². The first-order chi connectivity index (χ1) is 13.5. The van der Waals surface area contributed by atoms with Crippen LogP contribution in [-0.4, -0.2) is 56.6 Å². The van der Waals surface area contributed by atoms with Gasteiger partial charge < -0.3 is 10.1 Å². The Kier molecular flexibility index (Phi) is 4.09. The van der Waals surface area contributed by atoms with E-state index in [4.69, 9.17) is 9.98 Å². The molecule has 28 heavy (non-hydrogen) atoms. The molecule has 2 amide bonds. The van der Waals surface area contributed by atoms with E-state index < -0.39 is 5.60 Å². The normalized spacial score (nSPS) is 34.3. The number of aliphatic hydroxyl groups is 1. The largest absolute Gasteiger partial charge is 0.390 e. The molecule has 1 aromatic heterocycles. The second-order valence-corrected chi connectivity index (χ2v) is 9.18. The summed E-state index contributed by atoms with van der Waals surface area (Å²) in [4.78, 5) is 30.4. The second kappa shape index (κ2) is 6.31. The van der Waals surface area contributed by atoms with Gasteiger partial charge in [0.05, 0.1) is 11.6 Å². The predicted octanol–water partition coefficient (Wildman–Crippen LogP) is 3.33. The summed E-state index contributed by atoms with van der Waals surface area (Å²) >= 11 is 0. The number of fused-ring (bicyclic) bond motifs is 6. The van der Waals surface area contributed by atoms with Crippen LogP contribution < -0.4 is 4.90 Å². The molecule has 3 saturated carbocycles. The minimum Gasteiger partial charge on any atom is -0.390 e. The van der Waals surface area contributed by atoms with Crippen LogP contribution >= 0.6 is 0 Å². The lowest BCUT2D eigenvalue weighted by molar-refractivity contribution is -0.0678. The lowest BCUT2D eigenvalue weighted by Gasteiger charge is -2.49. The lowest BCUT2D eigenvalue weighted by Crippen LogP contribution is -2.54. The molecule has 0 unspecified atom stereocenters. The third-order valence-corrected chi connectivity index (χ3v) is 7.50. The molecule has 0 spiro atoms. The van der Waals surface area contributed by atoms with Crippen molar-refractivity contribution in [3.05, 3.63) is 11.5 Å². The molecule has 2 aliphatic heterocycles. The number of H-pyrrole nitrogens is 1. The average molecular weight is 386 g/mol. The lowest BCUT2D eigenvalue weighted by atomic mass is 9.58. The molecule has 0 aromatic carbocycles. The summed E-state index contributed by atoms with van der Waals surface area (Å²) in [5, 5.41) is 10.6. The van der Waals surface area contributed by atoms with Crippen LogP contribution in [0.4, 0.5) is 10.6 Å². The number of anilines is 1. The molecule has 152 valence electrons. The van der Waals surface area contributed by atoms with Gasteiger partial charge in [0.15, 0.2) is 11.7 Å². The number of hydrogen-bond donors (Lipinski definition) is 2. The van der Waals surface area contributed by atoms with Crippen molar-refractivity contribution in [2.75, 3.05) is 18.0 Å². The van der Waals surface area contributed by atoms with Crippen molar-refractivity contribution >= 4 is 17.7 Å². The number of aromatic nitrogens is 2. The topological polar surface area (TPSA) is 84.8 Å². The maximum absolute atomic E-state index is 13.2. The number of imidazole rings is 1. The molecule has 2 N–H and O–H groups in total. The molecule has 1 atom stereocenters. The van der Waals surface area contributed by atoms with E-state index in [2.05, 4.69) is 18.8 Å². The van der Waals surface area contributed by atoms with Crippen LogP contribution in [0.1, 0.15) is 83.2 Å². The van der Waals surface area contributed by atoms with Gasteiger partial charge in [-0.1, -0.05) is 13.8 Å². The Labute approximate surface area is 166 Å². The number of rotatable bonds is 4. The highest BCUT2D eigenvalue weighted by molar-refractivity contribution is 6.18. The number of urea groups is 1. The van der Waals surface area contributed by atoms with Gasteiger partial charge in [0, 0.05) is 18.5 Å². The van der Waals surface area contributed by atoms with Gasteiger partial charge in [-0.05, 0) is 57.8 Å². The standard InChI is InChI=1S/C21H31N5O2/c1-3-12-25-17-15(16-22-14(4-2)5-13-26(16)19(25)27)23-18(24-17)20-6-9-21(28,10-7-20)11-8-20/h14,28H,3-13H2,1-2H3,(H,23,24)/t14-,20?,21?/m1/s1. The molecular formula is C21H31N5O2. The van der Waals surface area contributed by atoms with E-state index in [1.54, 1.807) is 0 Å². The van der Waals surface area contributed by atoms with E-state index in [0.29, 0.717) is 6.54 Å². The van der Waals surface area contributed by atoms with Gasteiger partial charge in [0.1, 0.15) is 11.5 Å². The van der Waals surface area contributed by atoms with Crippen molar-refractivity contribution in [1.29, 1.82) is 0 Å². The first kappa shape index (κ1) is 18.2. The first-order valence-electron chi connectivity index (χ1n) is 11.0. The van der Waals surface area contributed by atoms with Crippen LogP contribution in [0.3, 0.4) is 0 Å². The number of nitrogens with zero attached hydrogens (tertiary/aromatic N) is 4. The third kappa shape index (κ3) is 2.55.